The first-order valence-electron chi connectivity index (χ1n) is 7.65. The molecule has 0 aliphatic carbocycles. The van der Waals surface area contributed by atoms with Crippen LogP contribution in [0.4, 0.5) is 0 Å². The number of hydrogen-bond donors (Lipinski definition) is 2. The Hall–Kier alpha value is -2.24. The summed E-state index contributed by atoms with van der Waals surface area (Å²) >= 11 is 0. The molecular weight excluding hydrogens is 290 g/mol. The molecule has 2 N–H and O–H groups in total. The van der Waals surface area contributed by atoms with Gasteiger partial charge in [0.1, 0.15) is 0 Å². The lowest BCUT2D eigenvalue weighted by Crippen LogP contribution is -2.38. The molecule has 0 saturated heterocycles. The van der Waals surface area contributed by atoms with Crippen molar-refractivity contribution in [3.63, 3.8) is 0 Å². The highest BCUT2D eigenvalue weighted by atomic mass is 16.3. The van der Waals surface area contributed by atoms with Gasteiger partial charge in [-0.05, 0) is 37.2 Å². The van der Waals surface area contributed by atoms with E-state index in [2.05, 4.69) is 10.3 Å². The average Bonchev–Trinajstić information content (AvgIpc) is 2.54. The second-order valence-corrected chi connectivity index (χ2v) is 5.65. The van der Waals surface area contributed by atoms with Gasteiger partial charge in [-0.3, -0.25) is 14.7 Å². The van der Waals surface area contributed by atoms with Gasteiger partial charge in [-0.15, -0.1) is 0 Å². The van der Waals surface area contributed by atoms with Crippen LogP contribution in [0.2, 0.25) is 0 Å². The van der Waals surface area contributed by atoms with Crippen molar-refractivity contribution in [2.45, 2.75) is 13.0 Å². The number of benzene rings is 1. The number of carbonyl (C=O) groups is 1. The molecule has 1 aromatic carbocycles. The first-order chi connectivity index (χ1) is 11.1. The molecule has 2 aromatic rings. The summed E-state index contributed by atoms with van der Waals surface area (Å²) in [5.41, 5.74) is 3.19. The maximum atomic E-state index is 12.3. The lowest BCUT2D eigenvalue weighted by atomic mass is 9.98. The molecule has 0 aliphatic heterocycles. The van der Waals surface area contributed by atoms with Gasteiger partial charge in [-0.25, -0.2) is 0 Å². The zero-order valence-electron chi connectivity index (χ0n) is 13.6. The number of hydrogen-bond acceptors (Lipinski definition) is 4. The number of aromatic nitrogens is 1. The van der Waals surface area contributed by atoms with Gasteiger partial charge in [-0.1, -0.05) is 29.8 Å². The zero-order valence-corrected chi connectivity index (χ0v) is 13.6. The van der Waals surface area contributed by atoms with Crippen LogP contribution in [0.15, 0.2) is 48.8 Å². The molecule has 122 valence electrons. The van der Waals surface area contributed by atoms with Crippen molar-refractivity contribution in [1.29, 1.82) is 0 Å². The molecule has 1 heterocycles. The predicted molar refractivity (Wildman–Crippen MR) is 90.0 cm³/mol. The standard InChI is InChI=1S/C18H23N3O2/c1-14-3-5-15(6-4-14)18(16-7-9-19-10-8-16)20-17(23)13-21(2)11-12-22/h3-10,18,22H,11-13H2,1-2H3,(H,20,23)/t18-/m0/s1. The number of nitrogens with zero attached hydrogens (tertiary/aromatic N) is 2. The summed E-state index contributed by atoms with van der Waals surface area (Å²) in [6, 6.07) is 11.7. The molecule has 0 fully saturated rings. The maximum Gasteiger partial charge on any atom is 0.234 e. The smallest absolute Gasteiger partial charge is 0.234 e. The van der Waals surface area contributed by atoms with Gasteiger partial charge in [0.05, 0.1) is 19.2 Å². The Morgan fingerprint density at radius 3 is 2.39 bits per heavy atom. The molecule has 1 aromatic heterocycles. The largest absolute Gasteiger partial charge is 0.395 e. The average molecular weight is 313 g/mol. The zero-order chi connectivity index (χ0) is 16.7. The van der Waals surface area contributed by atoms with Gasteiger partial charge in [0.2, 0.25) is 5.91 Å². The van der Waals surface area contributed by atoms with Crippen molar-refractivity contribution >= 4 is 5.91 Å². The Balaban J connectivity index is 2.17. The number of carbonyl (C=O) groups excluding carboxylic acids is 1. The topological polar surface area (TPSA) is 65.5 Å². The molecule has 0 saturated carbocycles. The molecule has 1 atom stereocenters. The number of aliphatic hydroxyl groups excluding tert-OH is 1. The van der Waals surface area contributed by atoms with E-state index in [1.54, 1.807) is 17.3 Å². The van der Waals surface area contributed by atoms with Crippen molar-refractivity contribution in [1.82, 2.24) is 15.2 Å². The monoisotopic (exact) mass is 313 g/mol. The third kappa shape index (κ3) is 5.16. The summed E-state index contributed by atoms with van der Waals surface area (Å²) in [7, 11) is 1.81. The Morgan fingerprint density at radius 1 is 1.17 bits per heavy atom. The molecular formula is C18H23N3O2. The highest BCUT2D eigenvalue weighted by Crippen LogP contribution is 2.21. The fraction of sp³-hybridized carbons (Fsp3) is 0.333. The van der Waals surface area contributed by atoms with Crippen LogP contribution in [0.3, 0.4) is 0 Å². The van der Waals surface area contributed by atoms with Crippen LogP contribution in [0.5, 0.6) is 0 Å². The normalized spacial score (nSPS) is 12.2. The van der Waals surface area contributed by atoms with Crippen LogP contribution in [0.25, 0.3) is 0 Å². The first kappa shape index (κ1) is 17.1. The molecule has 0 spiro atoms. The minimum atomic E-state index is -0.214. The van der Waals surface area contributed by atoms with Gasteiger partial charge in [-0.2, -0.15) is 0 Å². The van der Waals surface area contributed by atoms with Gasteiger partial charge in [0.25, 0.3) is 0 Å². The molecule has 0 radical (unpaired) electrons. The van der Waals surface area contributed by atoms with E-state index in [4.69, 9.17) is 5.11 Å². The van der Waals surface area contributed by atoms with Crippen molar-refractivity contribution < 1.29 is 9.90 Å². The lowest BCUT2D eigenvalue weighted by molar-refractivity contribution is -0.122. The second-order valence-electron chi connectivity index (χ2n) is 5.65. The van der Waals surface area contributed by atoms with Gasteiger partial charge < -0.3 is 10.4 Å². The van der Waals surface area contributed by atoms with E-state index in [0.717, 1.165) is 11.1 Å². The number of aryl methyl sites for hydroxylation is 1. The van der Waals surface area contributed by atoms with Gasteiger partial charge >= 0.3 is 0 Å². The summed E-state index contributed by atoms with van der Waals surface area (Å²) in [5, 5.41) is 12.0. The van der Waals surface area contributed by atoms with E-state index < -0.39 is 0 Å². The van der Waals surface area contributed by atoms with E-state index in [9.17, 15) is 4.79 Å². The number of rotatable bonds is 7. The fourth-order valence-corrected chi connectivity index (χ4v) is 2.38. The number of likely N-dealkylation sites (N-methyl/N-ethyl adjacent to an activating group) is 1. The number of aliphatic hydroxyl groups is 1. The van der Waals surface area contributed by atoms with Crippen LogP contribution in [0.1, 0.15) is 22.7 Å². The SMILES string of the molecule is Cc1ccc([C@H](NC(=O)CN(C)CCO)c2ccncc2)cc1. The Kier molecular flexibility index (Phi) is 6.26. The summed E-state index contributed by atoms with van der Waals surface area (Å²) < 4.78 is 0. The number of nitrogens with one attached hydrogen (secondary N) is 1. The molecule has 5 nitrogen and oxygen atoms in total. The van der Waals surface area contributed by atoms with E-state index in [1.165, 1.54) is 5.56 Å². The minimum absolute atomic E-state index is 0.0372. The third-order valence-corrected chi connectivity index (χ3v) is 3.65. The van der Waals surface area contributed by atoms with Crippen molar-refractivity contribution in [3.8, 4) is 0 Å². The molecule has 2 rings (SSSR count). The molecule has 23 heavy (non-hydrogen) atoms. The van der Waals surface area contributed by atoms with Crippen molar-refractivity contribution in [3.05, 3.63) is 65.5 Å². The second kappa shape index (κ2) is 8.41. The number of amides is 1. The highest BCUT2D eigenvalue weighted by molar-refractivity contribution is 5.79. The molecule has 0 unspecified atom stereocenters. The highest BCUT2D eigenvalue weighted by Gasteiger charge is 2.17. The van der Waals surface area contributed by atoms with E-state index >= 15 is 0 Å². The van der Waals surface area contributed by atoms with Crippen LogP contribution < -0.4 is 5.32 Å². The molecule has 0 aliphatic rings. The predicted octanol–water partition coefficient (Wildman–Crippen LogP) is 1.52. The first-order valence-corrected chi connectivity index (χ1v) is 7.65. The Labute approximate surface area is 137 Å². The fourth-order valence-electron chi connectivity index (χ4n) is 2.38. The summed E-state index contributed by atoms with van der Waals surface area (Å²) in [5.74, 6) is -0.0802. The van der Waals surface area contributed by atoms with Crippen molar-refractivity contribution in [2.75, 3.05) is 26.7 Å². The van der Waals surface area contributed by atoms with Crippen LogP contribution in [-0.2, 0) is 4.79 Å². The van der Waals surface area contributed by atoms with E-state index in [-0.39, 0.29) is 25.1 Å². The van der Waals surface area contributed by atoms with Crippen LogP contribution in [-0.4, -0.2) is 47.6 Å². The van der Waals surface area contributed by atoms with E-state index in [0.29, 0.717) is 6.54 Å². The van der Waals surface area contributed by atoms with Gasteiger partial charge in [0.15, 0.2) is 0 Å². The maximum absolute atomic E-state index is 12.3. The summed E-state index contributed by atoms with van der Waals surface area (Å²) in [4.78, 5) is 18.1. The lowest BCUT2D eigenvalue weighted by Gasteiger charge is -2.22. The van der Waals surface area contributed by atoms with E-state index in [1.807, 2.05) is 50.4 Å². The minimum Gasteiger partial charge on any atom is -0.395 e. The molecule has 1 amide bonds. The van der Waals surface area contributed by atoms with Crippen LogP contribution in [0, 0.1) is 6.92 Å². The quantitative estimate of drug-likeness (QED) is 0.813. The van der Waals surface area contributed by atoms with Crippen molar-refractivity contribution in [2.24, 2.45) is 0 Å². The number of pyridine rings is 1. The van der Waals surface area contributed by atoms with Gasteiger partial charge in [0, 0.05) is 18.9 Å². The summed E-state index contributed by atoms with van der Waals surface area (Å²) in [6.07, 6.45) is 3.45. The van der Waals surface area contributed by atoms with Crippen LogP contribution >= 0.6 is 0 Å². The molecule has 0 bridgehead atoms. The summed E-state index contributed by atoms with van der Waals surface area (Å²) in [6.45, 7) is 2.79. The molecule has 5 heteroatoms. The Bertz CT molecular complexity index is 614. The Morgan fingerprint density at radius 2 is 1.78 bits per heavy atom. The third-order valence-electron chi connectivity index (χ3n) is 3.65.